The fourth-order valence-corrected chi connectivity index (χ4v) is 1.83. The first-order valence-corrected chi connectivity index (χ1v) is 6.63. The zero-order valence-electron chi connectivity index (χ0n) is 10.9. The number of aryl methyl sites for hydroxylation is 1. The Morgan fingerprint density at radius 2 is 2.22 bits per heavy atom. The molecule has 1 aromatic carbocycles. The van der Waals surface area contributed by atoms with Crippen LogP contribution in [0.2, 0.25) is 0 Å². The van der Waals surface area contributed by atoms with E-state index in [0.717, 1.165) is 29.4 Å². The summed E-state index contributed by atoms with van der Waals surface area (Å²) in [7, 11) is 0. The molecular formula is C16H20O2. The molecule has 1 aromatic rings. The van der Waals surface area contributed by atoms with E-state index in [4.69, 9.17) is 9.84 Å². The van der Waals surface area contributed by atoms with Crippen molar-refractivity contribution in [3.8, 4) is 17.6 Å². The van der Waals surface area contributed by atoms with Crippen molar-refractivity contribution < 1.29 is 9.84 Å². The summed E-state index contributed by atoms with van der Waals surface area (Å²) in [6, 6.07) is 6.00. The van der Waals surface area contributed by atoms with Gasteiger partial charge < -0.3 is 9.84 Å². The molecule has 1 fully saturated rings. The maximum atomic E-state index is 8.68. The van der Waals surface area contributed by atoms with E-state index in [9.17, 15) is 0 Å². The zero-order chi connectivity index (χ0) is 12.8. The third kappa shape index (κ3) is 4.09. The summed E-state index contributed by atoms with van der Waals surface area (Å²) < 4.78 is 5.73. The average molecular weight is 244 g/mol. The molecule has 0 saturated heterocycles. The largest absolute Gasteiger partial charge is 0.494 e. The standard InChI is InChI=1S/C16H20O2/c1-13-12-16(18-11-9-14-5-6-14)8-7-15(13)4-2-3-10-17/h7-8,12,14,17H,3,5-6,9-11H2,1H3. The molecule has 0 heterocycles. The van der Waals surface area contributed by atoms with Gasteiger partial charge in [-0.05, 0) is 43.0 Å². The normalized spacial score (nSPS) is 13.9. The average Bonchev–Trinajstić information content (AvgIpc) is 3.16. The van der Waals surface area contributed by atoms with Crippen LogP contribution < -0.4 is 4.74 Å². The molecule has 0 atom stereocenters. The highest BCUT2D eigenvalue weighted by atomic mass is 16.5. The number of benzene rings is 1. The van der Waals surface area contributed by atoms with Gasteiger partial charge in [-0.3, -0.25) is 0 Å². The smallest absolute Gasteiger partial charge is 0.119 e. The van der Waals surface area contributed by atoms with Crippen molar-refractivity contribution >= 4 is 0 Å². The van der Waals surface area contributed by atoms with Gasteiger partial charge in [0.25, 0.3) is 0 Å². The van der Waals surface area contributed by atoms with Crippen molar-refractivity contribution in [3.63, 3.8) is 0 Å². The van der Waals surface area contributed by atoms with Crippen molar-refractivity contribution in [1.29, 1.82) is 0 Å². The van der Waals surface area contributed by atoms with Crippen molar-refractivity contribution in [2.24, 2.45) is 5.92 Å². The van der Waals surface area contributed by atoms with Gasteiger partial charge in [0, 0.05) is 12.0 Å². The van der Waals surface area contributed by atoms with E-state index >= 15 is 0 Å². The van der Waals surface area contributed by atoms with Crippen molar-refractivity contribution in [3.05, 3.63) is 29.3 Å². The number of aliphatic hydroxyl groups excluding tert-OH is 1. The lowest BCUT2D eigenvalue weighted by Crippen LogP contribution is -1.98. The summed E-state index contributed by atoms with van der Waals surface area (Å²) in [5.74, 6) is 7.84. The molecule has 2 heteroatoms. The van der Waals surface area contributed by atoms with Crippen molar-refractivity contribution in [2.75, 3.05) is 13.2 Å². The molecule has 0 spiro atoms. The minimum absolute atomic E-state index is 0.119. The minimum atomic E-state index is 0.119. The van der Waals surface area contributed by atoms with Crippen LogP contribution in [0.15, 0.2) is 18.2 Å². The lowest BCUT2D eigenvalue weighted by atomic mass is 10.1. The minimum Gasteiger partial charge on any atom is -0.494 e. The third-order valence-corrected chi connectivity index (χ3v) is 3.15. The van der Waals surface area contributed by atoms with Crippen LogP contribution >= 0.6 is 0 Å². The van der Waals surface area contributed by atoms with Gasteiger partial charge in [0.2, 0.25) is 0 Å². The molecular weight excluding hydrogens is 224 g/mol. The first kappa shape index (κ1) is 13.0. The summed E-state index contributed by atoms with van der Waals surface area (Å²) in [6.07, 6.45) is 4.46. The van der Waals surface area contributed by atoms with E-state index in [1.54, 1.807) is 0 Å². The first-order valence-electron chi connectivity index (χ1n) is 6.63. The molecule has 96 valence electrons. The number of aliphatic hydroxyl groups is 1. The van der Waals surface area contributed by atoms with Gasteiger partial charge in [-0.2, -0.15) is 0 Å². The van der Waals surface area contributed by atoms with E-state index in [2.05, 4.69) is 11.8 Å². The maximum Gasteiger partial charge on any atom is 0.119 e. The maximum absolute atomic E-state index is 8.68. The molecule has 2 rings (SSSR count). The van der Waals surface area contributed by atoms with E-state index in [0.29, 0.717) is 6.42 Å². The Morgan fingerprint density at radius 1 is 1.39 bits per heavy atom. The number of hydrogen-bond acceptors (Lipinski definition) is 2. The van der Waals surface area contributed by atoms with Crippen LogP contribution in [0.5, 0.6) is 5.75 Å². The van der Waals surface area contributed by atoms with E-state index in [1.165, 1.54) is 19.3 Å². The van der Waals surface area contributed by atoms with Crippen LogP contribution in [0.4, 0.5) is 0 Å². The van der Waals surface area contributed by atoms with Crippen LogP contribution in [0.3, 0.4) is 0 Å². The van der Waals surface area contributed by atoms with Crippen LogP contribution in [0.1, 0.15) is 36.8 Å². The molecule has 0 bridgehead atoms. The molecule has 0 unspecified atom stereocenters. The predicted octanol–water partition coefficient (Wildman–Crippen LogP) is 2.91. The molecule has 0 amide bonds. The Hall–Kier alpha value is -1.46. The quantitative estimate of drug-likeness (QED) is 0.807. The summed E-state index contributed by atoms with van der Waals surface area (Å²) in [5.41, 5.74) is 2.14. The number of rotatable bonds is 5. The second kappa shape index (κ2) is 6.47. The SMILES string of the molecule is Cc1cc(OCCC2CC2)ccc1C#CCCO. The fraction of sp³-hybridized carbons (Fsp3) is 0.500. The second-order valence-electron chi connectivity index (χ2n) is 4.83. The first-order chi connectivity index (χ1) is 8.79. The Balaban J connectivity index is 1.89. The lowest BCUT2D eigenvalue weighted by Gasteiger charge is -2.07. The summed E-state index contributed by atoms with van der Waals surface area (Å²) in [6.45, 7) is 2.98. The van der Waals surface area contributed by atoms with Gasteiger partial charge in [0.15, 0.2) is 0 Å². The Kier molecular flexibility index (Phi) is 4.66. The molecule has 0 aliphatic heterocycles. The number of hydrogen-bond donors (Lipinski definition) is 1. The van der Waals surface area contributed by atoms with Crippen LogP contribution in [-0.4, -0.2) is 18.3 Å². The summed E-state index contributed by atoms with van der Waals surface area (Å²) in [4.78, 5) is 0. The van der Waals surface area contributed by atoms with Gasteiger partial charge in [-0.1, -0.05) is 24.7 Å². The third-order valence-electron chi connectivity index (χ3n) is 3.15. The Morgan fingerprint density at radius 3 is 2.89 bits per heavy atom. The number of ether oxygens (including phenoxy) is 1. The molecule has 1 aliphatic carbocycles. The highest BCUT2D eigenvalue weighted by Gasteiger charge is 2.20. The van der Waals surface area contributed by atoms with Crippen LogP contribution in [0, 0.1) is 24.7 Å². The van der Waals surface area contributed by atoms with E-state index in [-0.39, 0.29) is 6.61 Å². The molecule has 1 saturated carbocycles. The van der Waals surface area contributed by atoms with Gasteiger partial charge >= 0.3 is 0 Å². The van der Waals surface area contributed by atoms with Crippen molar-refractivity contribution in [1.82, 2.24) is 0 Å². The highest BCUT2D eigenvalue weighted by molar-refractivity contribution is 5.44. The zero-order valence-corrected chi connectivity index (χ0v) is 10.9. The highest BCUT2D eigenvalue weighted by Crippen LogP contribution is 2.32. The second-order valence-corrected chi connectivity index (χ2v) is 4.83. The van der Waals surface area contributed by atoms with E-state index < -0.39 is 0 Å². The monoisotopic (exact) mass is 244 g/mol. The van der Waals surface area contributed by atoms with Crippen LogP contribution in [-0.2, 0) is 0 Å². The molecule has 0 aromatic heterocycles. The van der Waals surface area contributed by atoms with Gasteiger partial charge in [0.1, 0.15) is 5.75 Å². The molecule has 1 N–H and O–H groups in total. The van der Waals surface area contributed by atoms with Crippen molar-refractivity contribution in [2.45, 2.75) is 32.6 Å². The van der Waals surface area contributed by atoms with Gasteiger partial charge in [-0.15, -0.1) is 0 Å². The Bertz CT molecular complexity index is 450. The van der Waals surface area contributed by atoms with E-state index in [1.807, 2.05) is 25.1 Å². The molecule has 1 aliphatic rings. The van der Waals surface area contributed by atoms with Gasteiger partial charge in [0.05, 0.1) is 13.2 Å². The predicted molar refractivity (Wildman–Crippen MR) is 72.6 cm³/mol. The summed E-state index contributed by atoms with van der Waals surface area (Å²) >= 11 is 0. The fourth-order valence-electron chi connectivity index (χ4n) is 1.83. The summed E-state index contributed by atoms with van der Waals surface area (Å²) in [5, 5.41) is 8.68. The van der Waals surface area contributed by atoms with Crippen LogP contribution in [0.25, 0.3) is 0 Å². The molecule has 0 radical (unpaired) electrons. The molecule has 18 heavy (non-hydrogen) atoms. The molecule has 2 nitrogen and oxygen atoms in total. The lowest BCUT2D eigenvalue weighted by molar-refractivity contribution is 0.302. The topological polar surface area (TPSA) is 29.5 Å². The Labute approximate surface area is 109 Å². The van der Waals surface area contributed by atoms with Gasteiger partial charge in [-0.25, -0.2) is 0 Å².